The predicted octanol–water partition coefficient (Wildman–Crippen LogP) is 2.05. The Kier molecular flexibility index (Phi) is 8.38. The maximum atomic E-state index is 12.9. The van der Waals surface area contributed by atoms with Crippen molar-refractivity contribution in [3.63, 3.8) is 0 Å². The summed E-state index contributed by atoms with van der Waals surface area (Å²) < 4.78 is 37.8. The van der Waals surface area contributed by atoms with Crippen LogP contribution >= 0.6 is 15.9 Å². The summed E-state index contributed by atoms with van der Waals surface area (Å²) in [6, 6.07) is 4.18. The van der Waals surface area contributed by atoms with Gasteiger partial charge in [0, 0.05) is 30.7 Å². The van der Waals surface area contributed by atoms with Gasteiger partial charge in [-0.15, -0.1) is 0 Å². The van der Waals surface area contributed by atoms with Gasteiger partial charge in [0.05, 0.1) is 23.7 Å². The molecule has 160 valence electrons. The molecule has 1 fully saturated rings. The highest BCUT2D eigenvalue weighted by atomic mass is 79.9. The predicted molar refractivity (Wildman–Crippen MR) is 111 cm³/mol. The van der Waals surface area contributed by atoms with Gasteiger partial charge in [-0.25, -0.2) is 13.2 Å². The van der Waals surface area contributed by atoms with Crippen molar-refractivity contribution in [1.82, 2.24) is 9.21 Å². The molecule has 29 heavy (non-hydrogen) atoms. The Morgan fingerprint density at radius 2 is 1.97 bits per heavy atom. The van der Waals surface area contributed by atoms with E-state index in [-0.39, 0.29) is 29.5 Å². The summed E-state index contributed by atoms with van der Waals surface area (Å²) in [5, 5.41) is 0. The number of likely N-dealkylation sites (N-methyl/N-ethyl adjacent to an activating group) is 1. The van der Waals surface area contributed by atoms with Gasteiger partial charge < -0.3 is 14.4 Å². The van der Waals surface area contributed by atoms with E-state index in [1.165, 1.54) is 27.4 Å². The second-order valence-electron chi connectivity index (χ2n) is 6.60. The van der Waals surface area contributed by atoms with Crippen LogP contribution in [0.5, 0.6) is 0 Å². The molecule has 1 aliphatic heterocycles. The SMILES string of the molecule is C=C(C)CN(CC)C(=O)COC(=O)c1ccc(Br)c(S(=O)(=O)N2CCOCC2)c1. The number of esters is 1. The van der Waals surface area contributed by atoms with Crippen LogP contribution in [0.3, 0.4) is 0 Å². The molecule has 8 nitrogen and oxygen atoms in total. The summed E-state index contributed by atoms with van der Waals surface area (Å²) in [6.45, 7) is 8.94. The molecule has 1 aliphatic rings. The van der Waals surface area contributed by atoms with E-state index in [4.69, 9.17) is 9.47 Å². The van der Waals surface area contributed by atoms with Crippen LogP contribution in [0.4, 0.5) is 0 Å². The van der Waals surface area contributed by atoms with Crippen LogP contribution in [-0.4, -0.2) is 75.5 Å². The van der Waals surface area contributed by atoms with E-state index in [1.807, 2.05) is 6.92 Å². The van der Waals surface area contributed by atoms with Crippen molar-refractivity contribution in [1.29, 1.82) is 0 Å². The molecular weight excluding hydrogens is 464 g/mol. The highest BCUT2D eigenvalue weighted by Crippen LogP contribution is 2.27. The van der Waals surface area contributed by atoms with Gasteiger partial charge in [-0.2, -0.15) is 4.31 Å². The maximum absolute atomic E-state index is 12.9. The lowest BCUT2D eigenvalue weighted by atomic mass is 10.2. The molecular formula is C19H25BrN2O6S. The summed E-state index contributed by atoms with van der Waals surface area (Å²) in [6.07, 6.45) is 0. The van der Waals surface area contributed by atoms with Crippen molar-refractivity contribution >= 4 is 37.8 Å². The van der Waals surface area contributed by atoms with Crippen molar-refractivity contribution in [2.75, 3.05) is 46.0 Å². The third-order valence-electron chi connectivity index (χ3n) is 4.28. The standard InChI is InChI=1S/C19H25BrN2O6S/c1-4-21(12-14(2)3)18(23)13-28-19(24)15-5-6-16(20)17(11-15)29(25,26)22-7-9-27-10-8-22/h5-6,11H,2,4,7-10,12-13H2,1,3H3. The van der Waals surface area contributed by atoms with Gasteiger partial charge in [-0.3, -0.25) is 4.79 Å². The zero-order chi connectivity index (χ0) is 21.6. The van der Waals surface area contributed by atoms with Gasteiger partial charge in [0.25, 0.3) is 5.91 Å². The summed E-state index contributed by atoms with van der Waals surface area (Å²) >= 11 is 3.24. The summed E-state index contributed by atoms with van der Waals surface area (Å²) in [7, 11) is -3.80. The number of carbonyl (C=O) groups is 2. The lowest BCUT2D eigenvalue weighted by Gasteiger charge is -2.26. The van der Waals surface area contributed by atoms with E-state index >= 15 is 0 Å². The van der Waals surface area contributed by atoms with Crippen LogP contribution in [0, 0.1) is 0 Å². The first kappa shape index (κ1) is 23.5. The van der Waals surface area contributed by atoms with Crippen molar-refractivity contribution in [3.8, 4) is 0 Å². The van der Waals surface area contributed by atoms with Gasteiger partial charge >= 0.3 is 5.97 Å². The third kappa shape index (κ3) is 6.11. The minimum absolute atomic E-state index is 0.0300. The quantitative estimate of drug-likeness (QED) is 0.410. The average molecular weight is 489 g/mol. The van der Waals surface area contributed by atoms with Crippen molar-refractivity contribution < 1.29 is 27.5 Å². The molecule has 0 spiro atoms. The van der Waals surface area contributed by atoms with Gasteiger partial charge in [0.15, 0.2) is 6.61 Å². The number of halogens is 1. The molecule has 2 rings (SSSR count). The Morgan fingerprint density at radius 3 is 2.55 bits per heavy atom. The van der Waals surface area contributed by atoms with E-state index in [9.17, 15) is 18.0 Å². The highest BCUT2D eigenvalue weighted by molar-refractivity contribution is 9.10. The second kappa shape index (κ2) is 10.3. The molecule has 1 heterocycles. The van der Waals surface area contributed by atoms with Gasteiger partial charge in [-0.1, -0.05) is 12.2 Å². The molecule has 0 aliphatic carbocycles. The fourth-order valence-corrected chi connectivity index (χ4v) is 5.12. The van der Waals surface area contributed by atoms with Gasteiger partial charge in [0.1, 0.15) is 0 Å². The zero-order valence-electron chi connectivity index (χ0n) is 16.5. The molecule has 0 N–H and O–H groups in total. The number of morpholine rings is 1. The largest absolute Gasteiger partial charge is 0.452 e. The molecule has 1 aromatic rings. The number of ether oxygens (including phenoxy) is 2. The summed E-state index contributed by atoms with van der Waals surface area (Å²) in [5.41, 5.74) is 0.869. The van der Waals surface area contributed by atoms with E-state index in [0.29, 0.717) is 30.8 Å². The van der Waals surface area contributed by atoms with Crippen LogP contribution in [-0.2, 0) is 24.3 Å². The number of rotatable bonds is 8. The normalized spacial score (nSPS) is 15.0. The Balaban J connectivity index is 2.13. The fourth-order valence-electron chi connectivity index (χ4n) is 2.76. The molecule has 0 atom stereocenters. The lowest BCUT2D eigenvalue weighted by molar-refractivity contribution is -0.133. The molecule has 10 heteroatoms. The van der Waals surface area contributed by atoms with Crippen LogP contribution in [0.15, 0.2) is 39.7 Å². The van der Waals surface area contributed by atoms with Gasteiger partial charge in [0.2, 0.25) is 10.0 Å². The molecule has 0 aromatic heterocycles. The molecule has 0 unspecified atom stereocenters. The molecule has 0 bridgehead atoms. The Morgan fingerprint density at radius 1 is 1.31 bits per heavy atom. The summed E-state index contributed by atoms with van der Waals surface area (Å²) in [5.74, 6) is -1.11. The van der Waals surface area contributed by atoms with E-state index in [0.717, 1.165) is 5.57 Å². The Hall–Kier alpha value is -1.75. The van der Waals surface area contributed by atoms with Crippen LogP contribution in [0.1, 0.15) is 24.2 Å². The van der Waals surface area contributed by atoms with Crippen molar-refractivity contribution in [2.45, 2.75) is 18.7 Å². The van der Waals surface area contributed by atoms with Crippen molar-refractivity contribution in [3.05, 3.63) is 40.4 Å². The Bertz CT molecular complexity index is 881. The maximum Gasteiger partial charge on any atom is 0.338 e. The van der Waals surface area contributed by atoms with E-state index in [2.05, 4.69) is 22.5 Å². The first-order valence-electron chi connectivity index (χ1n) is 9.13. The molecule has 0 radical (unpaired) electrons. The monoisotopic (exact) mass is 488 g/mol. The zero-order valence-corrected chi connectivity index (χ0v) is 18.9. The summed E-state index contributed by atoms with van der Waals surface area (Å²) in [4.78, 5) is 26.1. The van der Waals surface area contributed by atoms with Crippen molar-refractivity contribution in [2.24, 2.45) is 0 Å². The van der Waals surface area contributed by atoms with Crippen LogP contribution < -0.4 is 0 Å². The highest BCUT2D eigenvalue weighted by Gasteiger charge is 2.29. The molecule has 1 saturated heterocycles. The van der Waals surface area contributed by atoms with Crippen LogP contribution in [0.2, 0.25) is 0 Å². The van der Waals surface area contributed by atoms with Crippen LogP contribution in [0.25, 0.3) is 0 Å². The average Bonchev–Trinajstić information content (AvgIpc) is 2.70. The minimum Gasteiger partial charge on any atom is -0.452 e. The number of sulfonamides is 1. The minimum atomic E-state index is -3.80. The smallest absolute Gasteiger partial charge is 0.338 e. The lowest BCUT2D eigenvalue weighted by Crippen LogP contribution is -2.40. The number of nitrogens with zero attached hydrogens (tertiary/aromatic N) is 2. The topological polar surface area (TPSA) is 93.2 Å². The number of carbonyl (C=O) groups excluding carboxylic acids is 2. The molecule has 1 aromatic carbocycles. The first-order chi connectivity index (χ1) is 13.7. The Labute approximate surface area is 179 Å². The van der Waals surface area contributed by atoms with E-state index < -0.39 is 22.6 Å². The first-order valence-corrected chi connectivity index (χ1v) is 11.4. The number of hydrogen-bond acceptors (Lipinski definition) is 6. The van der Waals surface area contributed by atoms with E-state index in [1.54, 1.807) is 6.92 Å². The van der Waals surface area contributed by atoms with Gasteiger partial charge in [-0.05, 0) is 48.0 Å². The molecule has 1 amide bonds. The second-order valence-corrected chi connectivity index (χ2v) is 9.36. The fraction of sp³-hybridized carbons (Fsp3) is 0.474. The third-order valence-corrected chi connectivity index (χ3v) is 7.17. The molecule has 0 saturated carbocycles. The number of hydrogen-bond donors (Lipinski definition) is 0. The number of benzene rings is 1. The number of amides is 1.